The molecule has 0 amide bonds. The Morgan fingerprint density at radius 1 is 1.73 bits per heavy atom. The van der Waals surface area contributed by atoms with Gasteiger partial charge in [0, 0.05) is 6.08 Å². The van der Waals surface area contributed by atoms with E-state index >= 15 is 0 Å². The fourth-order valence-electron chi connectivity index (χ4n) is 0.936. The number of halogens is 1. The van der Waals surface area contributed by atoms with Gasteiger partial charge in [0.25, 0.3) is 5.83 Å². The summed E-state index contributed by atoms with van der Waals surface area (Å²) in [6, 6.07) is -0.201. The van der Waals surface area contributed by atoms with Crippen LogP contribution in [0, 0.1) is 6.08 Å². The highest BCUT2D eigenvalue weighted by atomic mass is 19.1. The maximum Gasteiger partial charge on any atom is 0.289 e. The Morgan fingerprint density at radius 2 is 2.45 bits per heavy atom. The highest BCUT2D eigenvalue weighted by Gasteiger charge is 2.21. The molecule has 0 unspecified atom stereocenters. The quantitative estimate of drug-likeness (QED) is 0.600. The zero-order valence-corrected chi connectivity index (χ0v) is 6.47. The van der Waals surface area contributed by atoms with E-state index in [0.29, 0.717) is 5.57 Å². The Labute approximate surface area is 66.1 Å². The van der Waals surface area contributed by atoms with E-state index in [1.165, 1.54) is 0 Å². The van der Waals surface area contributed by atoms with Gasteiger partial charge in [0.1, 0.15) is 11.6 Å². The van der Waals surface area contributed by atoms with Crippen LogP contribution in [0.4, 0.5) is 4.39 Å². The third-order valence-corrected chi connectivity index (χ3v) is 1.67. The second-order valence-electron chi connectivity index (χ2n) is 2.45. The first-order chi connectivity index (χ1) is 5.25. The van der Waals surface area contributed by atoms with Crippen molar-refractivity contribution in [3.05, 3.63) is 35.7 Å². The molecular formula is C9H11FN+. The van der Waals surface area contributed by atoms with Crippen molar-refractivity contribution in [2.75, 3.05) is 0 Å². The van der Waals surface area contributed by atoms with Gasteiger partial charge < -0.3 is 5.73 Å². The third-order valence-electron chi connectivity index (χ3n) is 1.67. The monoisotopic (exact) mass is 152 g/mol. The molecule has 0 spiro atoms. The smallest absolute Gasteiger partial charge is 0.289 e. The van der Waals surface area contributed by atoms with Crippen molar-refractivity contribution in [3.8, 4) is 0 Å². The van der Waals surface area contributed by atoms with Gasteiger partial charge in [0.05, 0.1) is 18.2 Å². The van der Waals surface area contributed by atoms with Crippen LogP contribution in [0.15, 0.2) is 29.6 Å². The Kier molecular flexibility index (Phi) is 2.53. The van der Waals surface area contributed by atoms with Crippen LogP contribution in [-0.2, 0) is 0 Å². The first-order valence-corrected chi connectivity index (χ1v) is 3.67. The molecule has 0 saturated heterocycles. The summed E-state index contributed by atoms with van der Waals surface area (Å²) in [7, 11) is 0. The first-order valence-electron chi connectivity index (χ1n) is 3.67. The molecule has 2 heteroatoms. The summed E-state index contributed by atoms with van der Waals surface area (Å²) in [5.74, 6) is -0.332. The first kappa shape index (κ1) is 8.12. The number of hydrogen-bond acceptors (Lipinski definition) is 1. The number of nitrogens with two attached hydrogens (primary N) is 1. The van der Waals surface area contributed by atoms with Gasteiger partial charge in [-0.1, -0.05) is 6.92 Å². The molecule has 1 aliphatic carbocycles. The summed E-state index contributed by atoms with van der Waals surface area (Å²) in [4.78, 5) is 0. The molecule has 1 nitrogen and oxygen atoms in total. The third kappa shape index (κ3) is 1.73. The zero-order valence-electron chi connectivity index (χ0n) is 6.47. The lowest BCUT2D eigenvalue weighted by atomic mass is 10.0. The van der Waals surface area contributed by atoms with Crippen molar-refractivity contribution in [3.63, 3.8) is 0 Å². The summed E-state index contributed by atoms with van der Waals surface area (Å²) in [6.07, 6.45) is 8.19. The molecule has 0 radical (unpaired) electrons. The summed E-state index contributed by atoms with van der Waals surface area (Å²) < 4.78 is 12.9. The average molecular weight is 152 g/mol. The van der Waals surface area contributed by atoms with E-state index in [1.54, 1.807) is 18.2 Å². The fraction of sp³-hybridized carbons (Fsp3) is 0.333. The molecule has 0 fully saturated rings. The van der Waals surface area contributed by atoms with E-state index in [1.807, 2.05) is 6.92 Å². The molecule has 0 aromatic carbocycles. The molecule has 0 bridgehead atoms. The van der Waals surface area contributed by atoms with E-state index in [2.05, 4.69) is 6.08 Å². The fourth-order valence-corrected chi connectivity index (χ4v) is 0.936. The van der Waals surface area contributed by atoms with E-state index in [4.69, 9.17) is 5.73 Å². The van der Waals surface area contributed by atoms with Gasteiger partial charge in [-0.2, -0.15) is 4.39 Å². The lowest BCUT2D eigenvalue weighted by Crippen LogP contribution is -2.22. The Balaban J connectivity index is 2.80. The maximum absolute atomic E-state index is 12.9. The highest BCUT2D eigenvalue weighted by Crippen LogP contribution is 2.18. The molecule has 1 rings (SSSR count). The van der Waals surface area contributed by atoms with Gasteiger partial charge in [-0.3, -0.25) is 0 Å². The molecule has 11 heavy (non-hydrogen) atoms. The van der Waals surface area contributed by atoms with Crippen LogP contribution >= 0.6 is 0 Å². The van der Waals surface area contributed by atoms with Crippen LogP contribution in [-0.4, -0.2) is 6.04 Å². The second kappa shape index (κ2) is 3.42. The van der Waals surface area contributed by atoms with Crippen molar-refractivity contribution >= 4 is 0 Å². The molecule has 1 atom stereocenters. The Hall–Kier alpha value is -0.980. The minimum atomic E-state index is -0.332. The predicted octanol–water partition coefficient (Wildman–Crippen LogP) is 1.88. The molecule has 2 N–H and O–H groups in total. The minimum absolute atomic E-state index is 0.201. The predicted molar refractivity (Wildman–Crippen MR) is 43.4 cm³/mol. The van der Waals surface area contributed by atoms with E-state index < -0.39 is 0 Å². The van der Waals surface area contributed by atoms with Crippen molar-refractivity contribution < 1.29 is 4.39 Å². The average Bonchev–Trinajstić information content (AvgIpc) is 2.04. The van der Waals surface area contributed by atoms with Crippen LogP contribution in [0.25, 0.3) is 0 Å². The summed E-state index contributed by atoms with van der Waals surface area (Å²) >= 11 is 0. The van der Waals surface area contributed by atoms with Gasteiger partial charge in [0.2, 0.25) is 0 Å². The van der Waals surface area contributed by atoms with Gasteiger partial charge in [-0.25, -0.2) is 0 Å². The normalized spacial score (nSPS) is 18.5. The van der Waals surface area contributed by atoms with Crippen LogP contribution in [0.2, 0.25) is 0 Å². The largest absolute Gasteiger partial charge is 0.313 e. The van der Waals surface area contributed by atoms with Gasteiger partial charge in [-0.05, 0) is 6.42 Å². The van der Waals surface area contributed by atoms with Gasteiger partial charge in [-0.15, -0.1) is 0 Å². The molecule has 0 aliphatic heterocycles. The number of rotatable bonds is 2. The summed E-state index contributed by atoms with van der Waals surface area (Å²) in [5, 5.41) is 0. The van der Waals surface area contributed by atoms with E-state index in [0.717, 1.165) is 6.42 Å². The SMILES string of the molecule is CC[C@@H](N)C1=CC=C[C+]=C1F. The Bertz CT molecular complexity index is 226. The lowest BCUT2D eigenvalue weighted by molar-refractivity contribution is 0.606. The highest BCUT2D eigenvalue weighted by molar-refractivity contribution is 5.37. The molecule has 0 aromatic heterocycles. The Morgan fingerprint density at radius 3 is 3.00 bits per heavy atom. The molecule has 0 heterocycles. The summed E-state index contributed by atoms with van der Waals surface area (Å²) in [5.41, 5.74) is 6.19. The molecular weight excluding hydrogens is 141 g/mol. The van der Waals surface area contributed by atoms with Crippen LogP contribution in [0.1, 0.15) is 13.3 Å². The lowest BCUT2D eigenvalue weighted by Gasteiger charge is -2.05. The molecule has 0 saturated carbocycles. The molecule has 0 aromatic rings. The number of allylic oxidation sites excluding steroid dienone is 4. The van der Waals surface area contributed by atoms with Crippen molar-refractivity contribution in [1.29, 1.82) is 0 Å². The van der Waals surface area contributed by atoms with Crippen molar-refractivity contribution in [1.82, 2.24) is 0 Å². The van der Waals surface area contributed by atoms with Crippen molar-refractivity contribution in [2.24, 2.45) is 5.73 Å². The van der Waals surface area contributed by atoms with Crippen LogP contribution in [0.5, 0.6) is 0 Å². The topological polar surface area (TPSA) is 26.0 Å². The van der Waals surface area contributed by atoms with E-state index in [9.17, 15) is 4.39 Å². The minimum Gasteiger partial charge on any atom is -0.313 e. The number of hydrogen-bond donors (Lipinski definition) is 1. The molecule has 1 aliphatic rings. The van der Waals surface area contributed by atoms with Gasteiger partial charge in [0.15, 0.2) is 0 Å². The van der Waals surface area contributed by atoms with Crippen molar-refractivity contribution in [2.45, 2.75) is 19.4 Å². The van der Waals surface area contributed by atoms with Gasteiger partial charge >= 0.3 is 0 Å². The second-order valence-corrected chi connectivity index (χ2v) is 2.45. The standard InChI is InChI=1S/C9H11FN/c1-2-9(11)7-5-3-4-6-8(7)10/h3-5,9H,2,11H2,1H3/q+1/t9-/m1/s1. The van der Waals surface area contributed by atoms with Crippen LogP contribution < -0.4 is 5.73 Å². The maximum atomic E-state index is 12.9. The molecule has 58 valence electrons. The zero-order chi connectivity index (χ0) is 8.27. The van der Waals surface area contributed by atoms with E-state index in [-0.39, 0.29) is 11.9 Å². The van der Waals surface area contributed by atoms with Crippen LogP contribution in [0.3, 0.4) is 0 Å². The summed E-state index contributed by atoms with van der Waals surface area (Å²) in [6.45, 7) is 1.93.